The van der Waals surface area contributed by atoms with Gasteiger partial charge in [0.25, 0.3) is 0 Å². The van der Waals surface area contributed by atoms with Crippen LogP contribution in [0, 0.1) is 3.70 Å². The highest BCUT2D eigenvalue weighted by Crippen LogP contribution is 2.27. The SMILES string of the molecule is FC(F)(Br)n1cnc(I)c1. The van der Waals surface area contributed by atoms with E-state index in [2.05, 4.69) is 20.9 Å². The Morgan fingerprint density at radius 2 is 2.30 bits per heavy atom. The summed E-state index contributed by atoms with van der Waals surface area (Å²) in [5, 5.41) is 0. The lowest BCUT2D eigenvalue weighted by Crippen LogP contribution is -2.11. The fourth-order valence-corrected chi connectivity index (χ4v) is 1.06. The monoisotopic (exact) mass is 322 g/mol. The first-order valence-electron chi connectivity index (χ1n) is 2.27. The van der Waals surface area contributed by atoms with Gasteiger partial charge in [0.1, 0.15) is 10.0 Å². The molecule has 0 atom stereocenters. The Morgan fingerprint density at radius 1 is 1.70 bits per heavy atom. The van der Waals surface area contributed by atoms with E-state index in [0.717, 1.165) is 6.33 Å². The van der Waals surface area contributed by atoms with E-state index >= 15 is 0 Å². The second kappa shape index (κ2) is 2.72. The second-order valence-corrected chi connectivity index (χ2v) is 3.63. The fourth-order valence-electron chi connectivity index (χ4n) is 0.437. The molecule has 0 saturated carbocycles. The van der Waals surface area contributed by atoms with Crippen LogP contribution in [-0.2, 0) is 4.96 Å². The lowest BCUT2D eigenvalue weighted by atomic mass is 10.9. The van der Waals surface area contributed by atoms with Gasteiger partial charge in [0, 0.05) is 22.1 Å². The maximum absolute atomic E-state index is 12.3. The van der Waals surface area contributed by atoms with Crippen LogP contribution in [0.5, 0.6) is 0 Å². The van der Waals surface area contributed by atoms with Crippen LogP contribution >= 0.6 is 38.5 Å². The lowest BCUT2D eigenvalue weighted by Gasteiger charge is -2.06. The zero-order chi connectivity index (χ0) is 7.78. The molecule has 0 fully saturated rings. The average Bonchev–Trinajstić information content (AvgIpc) is 2.11. The molecule has 0 aromatic carbocycles. The summed E-state index contributed by atoms with van der Waals surface area (Å²) >= 11 is 4.04. The molecule has 0 N–H and O–H groups in total. The van der Waals surface area contributed by atoms with Crippen molar-refractivity contribution in [1.82, 2.24) is 9.55 Å². The van der Waals surface area contributed by atoms with Crippen LogP contribution < -0.4 is 0 Å². The number of alkyl halides is 3. The summed E-state index contributed by atoms with van der Waals surface area (Å²) in [6, 6.07) is 0. The number of imidazole rings is 1. The van der Waals surface area contributed by atoms with Crippen molar-refractivity contribution in [2.24, 2.45) is 0 Å². The molecule has 1 rings (SSSR count). The van der Waals surface area contributed by atoms with Gasteiger partial charge in [-0.15, -0.1) is 0 Å². The molecule has 0 spiro atoms. The Kier molecular flexibility index (Phi) is 2.28. The highest BCUT2D eigenvalue weighted by atomic mass is 127. The van der Waals surface area contributed by atoms with E-state index in [4.69, 9.17) is 0 Å². The summed E-state index contributed by atoms with van der Waals surface area (Å²) in [6.07, 6.45) is 2.31. The Hall–Kier alpha value is 0.280. The van der Waals surface area contributed by atoms with Crippen LogP contribution in [0.15, 0.2) is 12.5 Å². The van der Waals surface area contributed by atoms with Gasteiger partial charge in [-0.25, -0.2) is 4.98 Å². The van der Waals surface area contributed by atoms with E-state index in [0.29, 0.717) is 8.27 Å². The van der Waals surface area contributed by atoms with E-state index in [1.807, 2.05) is 22.6 Å². The van der Waals surface area contributed by atoms with Crippen LogP contribution in [0.1, 0.15) is 0 Å². The molecule has 0 amide bonds. The van der Waals surface area contributed by atoms with Crippen molar-refractivity contribution in [1.29, 1.82) is 0 Å². The zero-order valence-electron chi connectivity index (χ0n) is 4.56. The normalized spacial score (nSPS) is 12.0. The number of nitrogens with zero attached hydrogens (tertiary/aromatic N) is 2. The molecule has 1 heterocycles. The van der Waals surface area contributed by atoms with Crippen LogP contribution in [0.4, 0.5) is 8.78 Å². The van der Waals surface area contributed by atoms with Crippen molar-refractivity contribution < 1.29 is 8.78 Å². The number of rotatable bonds is 1. The Bertz CT molecular complexity index is 231. The molecule has 2 nitrogen and oxygen atoms in total. The molecule has 0 unspecified atom stereocenters. The van der Waals surface area contributed by atoms with E-state index in [1.165, 1.54) is 6.20 Å². The average molecular weight is 323 g/mol. The molecule has 0 aliphatic rings. The molecule has 0 saturated heterocycles. The van der Waals surface area contributed by atoms with Crippen LogP contribution in [0.3, 0.4) is 0 Å². The Labute approximate surface area is 77.9 Å². The first-order chi connectivity index (χ1) is 4.50. The topological polar surface area (TPSA) is 17.8 Å². The van der Waals surface area contributed by atoms with E-state index in [-0.39, 0.29) is 0 Å². The van der Waals surface area contributed by atoms with Gasteiger partial charge in [0.05, 0.1) is 0 Å². The molecule has 1 aromatic rings. The molecular weight excluding hydrogens is 321 g/mol. The molecule has 0 aliphatic carbocycles. The summed E-state index contributed by atoms with van der Waals surface area (Å²) in [5.41, 5.74) is 0. The van der Waals surface area contributed by atoms with Crippen molar-refractivity contribution in [3.05, 3.63) is 16.2 Å². The van der Waals surface area contributed by atoms with Gasteiger partial charge in [0.2, 0.25) is 0 Å². The third kappa shape index (κ3) is 1.88. The second-order valence-electron chi connectivity index (χ2n) is 1.57. The van der Waals surface area contributed by atoms with Crippen molar-refractivity contribution in [2.75, 3.05) is 0 Å². The minimum Gasteiger partial charge on any atom is -0.267 e. The van der Waals surface area contributed by atoms with Crippen molar-refractivity contribution in [2.45, 2.75) is 4.96 Å². The van der Waals surface area contributed by atoms with Crippen molar-refractivity contribution >= 4 is 38.5 Å². The standard InChI is InChI=1S/C4H2BrF2IN2/c5-4(6,7)10-1-3(8)9-2-10/h1-2H. The minimum atomic E-state index is -3.02. The predicted octanol–water partition coefficient (Wildman–Crippen LogP) is 2.39. The Balaban J connectivity index is 2.96. The summed E-state index contributed by atoms with van der Waals surface area (Å²) in [6.45, 7) is 0. The third-order valence-corrected chi connectivity index (χ3v) is 1.81. The highest BCUT2D eigenvalue weighted by molar-refractivity contribution is 14.1. The molecule has 0 radical (unpaired) electrons. The quantitative estimate of drug-likeness (QED) is 0.573. The van der Waals surface area contributed by atoms with Gasteiger partial charge in [-0.2, -0.15) is 8.78 Å². The summed E-state index contributed by atoms with van der Waals surface area (Å²) < 4.78 is 25.8. The fraction of sp³-hybridized carbons (Fsp3) is 0.250. The summed E-state index contributed by atoms with van der Waals surface area (Å²) in [7, 11) is 0. The molecule has 10 heavy (non-hydrogen) atoms. The zero-order valence-corrected chi connectivity index (χ0v) is 8.30. The number of hydrogen-bond acceptors (Lipinski definition) is 1. The van der Waals surface area contributed by atoms with Gasteiger partial charge in [-0.05, 0) is 22.6 Å². The summed E-state index contributed by atoms with van der Waals surface area (Å²) in [4.78, 5) is 0.598. The molecule has 1 aromatic heterocycles. The third-order valence-electron chi connectivity index (χ3n) is 0.844. The van der Waals surface area contributed by atoms with Gasteiger partial charge in [-0.1, -0.05) is 0 Å². The van der Waals surface area contributed by atoms with Crippen molar-refractivity contribution in [3.8, 4) is 0 Å². The lowest BCUT2D eigenvalue weighted by molar-refractivity contribution is 0.0329. The maximum Gasteiger partial charge on any atom is 0.387 e. The predicted molar refractivity (Wildman–Crippen MR) is 44.1 cm³/mol. The molecule has 56 valence electrons. The molecule has 6 heteroatoms. The highest BCUT2D eigenvalue weighted by Gasteiger charge is 2.25. The van der Waals surface area contributed by atoms with Crippen LogP contribution in [-0.4, -0.2) is 9.55 Å². The van der Waals surface area contributed by atoms with Gasteiger partial charge >= 0.3 is 4.96 Å². The number of hydrogen-bond donors (Lipinski definition) is 0. The Morgan fingerprint density at radius 3 is 2.50 bits per heavy atom. The van der Waals surface area contributed by atoms with E-state index < -0.39 is 4.96 Å². The largest absolute Gasteiger partial charge is 0.387 e. The number of halogens is 4. The molecule has 0 aliphatic heterocycles. The van der Waals surface area contributed by atoms with Crippen LogP contribution in [0.2, 0.25) is 0 Å². The van der Waals surface area contributed by atoms with E-state index in [9.17, 15) is 8.78 Å². The summed E-state index contributed by atoms with van der Waals surface area (Å²) in [5.74, 6) is 0. The van der Waals surface area contributed by atoms with Crippen molar-refractivity contribution in [3.63, 3.8) is 0 Å². The first kappa shape index (κ1) is 8.38. The smallest absolute Gasteiger partial charge is 0.267 e. The van der Waals surface area contributed by atoms with Gasteiger partial charge in [-0.3, -0.25) is 4.57 Å². The van der Waals surface area contributed by atoms with Crippen LogP contribution in [0.25, 0.3) is 0 Å². The maximum atomic E-state index is 12.3. The molecule has 0 bridgehead atoms. The number of aromatic nitrogens is 2. The first-order valence-corrected chi connectivity index (χ1v) is 4.14. The van der Waals surface area contributed by atoms with Gasteiger partial charge in [0.15, 0.2) is 0 Å². The minimum absolute atomic E-state index is 0.539. The molecular formula is C4H2BrF2IN2. The van der Waals surface area contributed by atoms with E-state index in [1.54, 1.807) is 0 Å². The van der Waals surface area contributed by atoms with Gasteiger partial charge < -0.3 is 0 Å².